The Kier molecular flexibility index (Phi) is 5.76. The molecule has 2 aromatic carbocycles. The molecule has 0 aromatic heterocycles. The van der Waals surface area contributed by atoms with Crippen LogP contribution >= 0.6 is 11.6 Å². The highest BCUT2D eigenvalue weighted by Gasteiger charge is 2.23. The van der Waals surface area contributed by atoms with Crippen LogP contribution in [-0.2, 0) is 9.59 Å². The summed E-state index contributed by atoms with van der Waals surface area (Å²) >= 11 is 6.27. The second kappa shape index (κ2) is 8.22. The molecule has 3 rings (SSSR count). The first-order valence-electron chi connectivity index (χ1n) is 8.57. The van der Waals surface area contributed by atoms with Crippen molar-refractivity contribution in [3.8, 4) is 5.75 Å². The van der Waals surface area contributed by atoms with Crippen LogP contribution in [0.4, 0.5) is 11.4 Å². The lowest BCUT2D eigenvalue weighted by Crippen LogP contribution is -2.24. The number of rotatable bonds is 6. The van der Waals surface area contributed by atoms with E-state index in [0.29, 0.717) is 40.7 Å². The standard InChI is InChI=1S/C20H19ClN2O4/c1-13(24)14-4-7-16(8-5-14)27-12-19(25)22-15-6-9-18(17(21)11-15)23-10-2-3-20(23)26/h4-9,11H,2-3,10,12H2,1H3,(H,22,25). The monoisotopic (exact) mass is 386 g/mol. The maximum Gasteiger partial charge on any atom is 0.262 e. The van der Waals surface area contributed by atoms with Crippen LogP contribution in [0, 0.1) is 0 Å². The van der Waals surface area contributed by atoms with Gasteiger partial charge in [0.1, 0.15) is 5.75 Å². The zero-order valence-corrected chi connectivity index (χ0v) is 15.6. The topological polar surface area (TPSA) is 75.7 Å². The molecule has 0 bridgehead atoms. The SMILES string of the molecule is CC(=O)c1ccc(OCC(=O)Nc2ccc(N3CCCC3=O)c(Cl)c2)cc1. The molecule has 2 aromatic rings. The molecule has 6 nitrogen and oxygen atoms in total. The number of carbonyl (C=O) groups excluding carboxylic acids is 3. The van der Waals surface area contributed by atoms with E-state index in [-0.39, 0.29) is 24.2 Å². The number of halogens is 1. The van der Waals surface area contributed by atoms with Gasteiger partial charge in [0, 0.05) is 24.2 Å². The number of nitrogens with zero attached hydrogens (tertiary/aromatic N) is 1. The average molecular weight is 387 g/mol. The van der Waals surface area contributed by atoms with Crippen LogP contribution < -0.4 is 15.0 Å². The van der Waals surface area contributed by atoms with E-state index < -0.39 is 0 Å². The molecule has 1 saturated heterocycles. The highest BCUT2D eigenvalue weighted by atomic mass is 35.5. The van der Waals surface area contributed by atoms with Crippen LogP contribution in [0.5, 0.6) is 5.75 Å². The minimum Gasteiger partial charge on any atom is -0.484 e. The Balaban J connectivity index is 1.56. The third-order valence-electron chi connectivity index (χ3n) is 4.23. The molecular formula is C20H19ClN2O4. The zero-order chi connectivity index (χ0) is 19.4. The normalized spacial score (nSPS) is 13.6. The fraction of sp³-hybridized carbons (Fsp3) is 0.250. The van der Waals surface area contributed by atoms with E-state index in [1.54, 1.807) is 47.4 Å². The number of amides is 2. The lowest BCUT2D eigenvalue weighted by molar-refractivity contribution is -0.118. The third-order valence-corrected chi connectivity index (χ3v) is 4.53. The van der Waals surface area contributed by atoms with Gasteiger partial charge in [-0.25, -0.2) is 0 Å². The van der Waals surface area contributed by atoms with Gasteiger partial charge in [-0.15, -0.1) is 0 Å². The van der Waals surface area contributed by atoms with Gasteiger partial charge in [0.15, 0.2) is 12.4 Å². The predicted octanol–water partition coefficient (Wildman–Crippen LogP) is 3.69. The molecule has 0 atom stereocenters. The lowest BCUT2D eigenvalue weighted by Gasteiger charge is -2.18. The molecule has 0 saturated carbocycles. The summed E-state index contributed by atoms with van der Waals surface area (Å²) in [6.07, 6.45) is 1.35. The second-order valence-corrected chi connectivity index (χ2v) is 6.64. The predicted molar refractivity (Wildman–Crippen MR) is 104 cm³/mol. The van der Waals surface area contributed by atoms with Crippen LogP contribution in [0.1, 0.15) is 30.1 Å². The largest absolute Gasteiger partial charge is 0.484 e. The lowest BCUT2D eigenvalue weighted by atomic mass is 10.1. The number of anilines is 2. The molecule has 1 fully saturated rings. The molecule has 1 heterocycles. The molecule has 1 N–H and O–H groups in total. The van der Waals surface area contributed by atoms with Gasteiger partial charge in [0.05, 0.1) is 10.7 Å². The second-order valence-electron chi connectivity index (χ2n) is 6.23. The van der Waals surface area contributed by atoms with Crippen molar-refractivity contribution >= 4 is 40.6 Å². The first-order valence-corrected chi connectivity index (χ1v) is 8.95. The van der Waals surface area contributed by atoms with E-state index in [1.807, 2.05) is 0 Å². The Labute approximate surface area is 162 Å². The molecule has 1 aliphatic rings. The molecule has 140 valence electrons. The van der Waals surface area contributed by atoms with Gasteiger partial charge >= 0.3 is 0 Å². The number of carbonyl (C=O) groups is 3. The maximum absolute atomic E-state index is 12.1. The number of Topliss-reactive ketones (excluding diaryl/α,β-unsaturated/α-hetero) is 1. The van der Waals surface area contributed by atoms with E-state index in [0.717, 1.165) is 6.42 Å². The van der Waals surface area contributed by atoms with Crippen LogP contribution in [0.2, 0.25) is 5.02 Å². The zero-order valence-electron chi connectivity index (χ0n) is 14.8. The number of nitrogens with one attached hydrogen (secondary N) is 1. The van der Waals surface area contributed by atoms with Crippen molar-refractivity contribution in [2.45, 2.75) is 19.8 Å². The summed E-state index contributed by atoms with van der Waals surface area (Å²) in [6.45, 7) is 1.96. The molecule has 1 aliphatic heterocycles. The molecule has 0 unspecified atom stereocenters. The Bertz CT molecular complexity index is 880. The van der Waals surface area contributed by atoms with E-state index in [2.05, 4.69) is 5.32 Å². The minimum absolute atomic E-state index is 0.0322. The van der Waals surface area contributed by atoms with Gasteiger partial charge in [0.2, 0.25) is 5.91 Å². The summed E-state index contributed by atoms with van der Waals surface area (Å²) in [7, 11) is 0. The van der Waals surface area contributed by atoms with Crippen molar-refractivity contribution in [3.05, 3.63) is 53.1 Å². The van der Waals surface area contributed by atoms with Crippen LogP contribution in [0.25, 0.3) is 0 Å². The van der Waals surface area contributed by atoms with E-state index >= 15 is 0 Å². The smallest absolute Gasteiger partial charge is 0.262 e. The van der Waals surface area contributed by atoms with Gasteiger partial charge in [-0.05, 0) is 55.8 Å². The van der Waals surface area contributed by atoms with Crippen molar-refractivity contribution in [2.24, 2.45) is 0 Å². The molecule has 7 heteroatoms. The minimum atomic E-state index is -0.341. The number of benzene rings is 2. The van der Waals surface area contributed by atoms with Gasteiger partial charge < -0.3 is 15.0 Å². The van der Waals surface area contributed by atoms with Crippen molar-refractivity contribution in [3.63, 3.8) is 0 Å². The Hall–Kier alpha value is -2.86. The van der Waals surface area contributed by atoms with E-state index in [1.165, 1.54) is 6.92 Å². The van der Waals surface area contributed by atoms with Gasteiger partial charge in [-0.2, -0.15) is 0 Å². The summed E-state index contributed by atoms with van der Waals surface area (Å²) in [4.78, 5) is 36.8. The Morgan fingerprint density at radius 1 is 1.19 bits per heavy atom. The molecule has 27 heavy (non-hydrogen) atoms. The van der Waals surface area contributed by atoms with Crippen molar-refractivity contribution in [2.75, 3.05) is 23.4 Å². The molecule has 0 spiro atoms. The van der Waals surface area contributed by atoms with Gasteiger partial charge in [0.25, 0.3) is 5.91 Å². The fourth-order valence-electron chi connectivity index (χ4n) is 2.84. The first kappa shape index (κ1) is 18.9. The molecule has 0 aliphatic carbocycles. The average Bonchev–Trinajstić information content (AvgIpc) is 3.06. The summed E-state index contributed by atoms with van der Waals surface area (Å²) in [5.41, 5.74) is 1.76. The van der Waals surface area contributed by atoms with Crippen molar-refractivity contribution in [1.29, 1.82) is 0 Å². The van der Waals surface area contributed by atoms with Crippen LogP contribution in [0.15, 0.2) is 42.5 Å². The van der Waals surface area contributed by atoms with Gasteiger partial charge in [-0.1, -0.05) is 11.6 Å². The highest BCUT2D eigenvalue weighted by Crippen LogP contribution is 2.31. The third kappa shape index (κ3) is 4.65. The van der Waals surface area contributed by atoms with Crippen molar-refractivity contribution in [1.82, 2.24) is 0 Å². The number of ketones is 1. The van der Waals surface area contributed by atoms with Crippen molar-refractivity contribution < 1.29 is 19.1 Å². The van der Waals surface area contributed by atoms with E-state index in [4.69, 9.17) is 16.3 Å². The summed E-state index contributed by atoms with van der Waals surface area (Å²) < 4.78 is 5.41. The highest BCUT2D eigenvalue weighted by molar-refractivity contribution is 6.34. The Morgan fingerprint density at radius 2 is 1.93 bits per heavy atom. The molecular weight excluding hydrogens is 368 g/mol. The van der Waals surface area contributed by atoms with E-state index in [9.17, 15) is 14.4 Å². The number of ether oxygens (including phenoxy) is 1. The number of hydrogen-bond donors (Lipinski definition) is 1. The maximum atomic E-state index is 12.1. The van der Waals surface area contributed by atoms with Crippen LogP contribution in [0.3, 0.4) is 0 Å². The summed E-state index contributed by atoms with van der Waals surface area (Å²) in [5.74, 6) is 0.177. The quantitative estimate of drug-likeness (QED) is 0.768. The Morgan fingerprint density at radius 3 is 2.52 bits per heavy atom. The first-order chi connectivity index (χ1) is 12.9. The molecule has 0 radical (unpaired) electrons. The molecule has 2 amide bonds. The summed E-state index contributed by atoms with van der Waals surface area (Å²) in [6, 6.07) is 11.6. The van der Waals surface area contributed by atoms with Gasteiger partial charge in [-0.3, -0.25) is 14.4 Å². The number of hydrogen-bond acceptors (Lipinski definition) is 4. The summed E-state index contributed by atoms with van der Waals surface area (Å²) in [5, 5.41) is 3.11. The van der Waals surface area contributed by atoms with Crippen LogP contribution in [-0.4, -0.2) is 30.7 Å². The fourth-order valence-corrected chi connectivity index (χ4v) is 3.12.